The van der Waals surface area contributed by atoms with Crippen molar-refractivity contribution in [3.05, 3.63) is 51.8 Å². The molecule has 0 saturated heterocycles. The summed E-state index contributed by atoms with van der Waals surface area (Å²) in [6, 6.07) is 9.94. The third kappa shape index (κ3) is 3.79. The number of ketones is 1. The number of hydrogen-bond acceptors (Lipinski definition) is 2. The second-order valence-corrected chi connectivity index (χ2v) is 5.73. The van der Waals surface area contributed by atoms with Crippen molar-refractivity contribution in [2.45, 2.75) is 39.7 Å². The normalized spacial score (nSPS) is 10.8. The Morgan fingerprint density at radius 2 is 2.05 bits per heavy atom. The maximum Gasteiger partial charge on any atom is 0.143 e. The minimum atomic E-state index is 0.223. The summed E-state index contributed by atoms with van der Waals surface area (Å²) in [4.78, 5) is 12.2. The number of halogens is 1. The van der Waals surface area contributed by atoms with E-state index in [-0.39, 0.29) is 5.78 Å². The van der Waals surface area contributed by atoms with Gasteiger partial charge >= 0.3 is 0 Å². The molecular weight excluding hydrogens is 316 g/mol. The summed E-state index contributed by atoms with van der Waals surface area (Å²) in [7, 11) is 0. The van der Waals surface area contributed by atoms with Crippen LogP contribution >= 0.6 is 15.9 Å². The average molecular weight is 335 g/mol. The zero-order chi connectivity index (χ0) is 14.5. The van der Waals surface area contributed by atoms with Crippen LogP contribution in [0, 0.1) is 0 Å². The third-order valence-corrected chi connectivity index (χ3v) is 3.74. The third-order valence-electron chi connectivity index (χ3n) is 3.24. The number of carbonyl (C=O) groups is 1. The molecule has 0 aliphatic rings. The molecule has 0 aliphatic carbocycles. The first-order valence-corrected chi connectivity index (χ1v) is 7.73. The molecule has 0 atom stereocenters. The Morgan fingerprint density at radius 1 is 1.25 bits per heavy atom. The van der Waals surface area contributed by atoms with Crippen LogP contribution in [0.5, 0.6) is 0 Å². The summed E-state index contributed by atoms with van der Waals surface area (Å²) in [6.45, 7) is 4.93. The van der Waals surface area contributed by atoms with E-state index in [2.05, 4.69) is 34.9 Å². The number of benzene rings is 1. The van der Waals surface area contributed by atoms with Crippen LogP contribution in [-0.2, 0) is 30.6 Å². The monoisotopic (exact) mass is 334 g/mol. The predicted octanol–water partition coefficient (Wildman–Crippen LogP) is 3.58. The quantitative estimate of drug-likeness (QED) is 0.809. The number of nitrogens with zero attached hydrogens (tertiary/aromatic N) is 2. The van der Waals surface area contributed by atoms with Gasteiger partial charge in [0.15, 0.2) is 0 Å². The van der Waals surface area contributed by atoms with E-state index in [9.17, 15) is 4.79 Å². The number of hydrogen-bond donors (Lipinski definition) is 0. The molecule has 1 aromatic carbocycles. The van der Waals surface area contributed by atoms with Gasteiger partial charge in [-0.15, -0.1) is 0 Å². The fourth-order valence-electron chi connectivity index (χ4n) is 2.24. The number of carbonyl (C=O) groups excluding carboxylic acids is 1. The molecule has 3 nitrogen and oxygen atoms in total. The Morgan fingerprint density at radius 3 is 2.70 bits per heavy atom. The second-order valence-electron chi connectivity index (χ2n) is 4.82. The molecule has 2 aromatic rings. The van der Waals surface area contributed by atoms with Gasteiger partial charge in [-0.05, 0) is 37.1 Å². The van der Waals surface area contributed by atoms with E-state index in [1.807, 2.05) is 35.0 Å². The average Bonchev–Trinajstić information content (AvgIpc) is 2.80. The molecule has 1 aromatic heterocycles. The van der Waals surface area contributed by atoms with E-state index in [4.69, 9.17) is 0 Å². The van der Waals surface area contributed by atoms with Crippen molar-refractivity contribution in [3.8, 4) is 0 Å². The lowest BCUT2D eigenvalue weighted by Crippen LogP contribution is -2.11. The highest BCUT2D eigenvalue weighted by Gasteiger charge is 2.11. The molecule has 2 rings (SSSR count). The van der Waals surface area contributed by atoms with Crippen LogP contribution < -0.4 is 0 Å². The topological polar surface area (TPSA) is 34.9 Å². The van der Waals surface area contributed by atoms with Crippen LogP contribution in [0.3, 0.4) is 0 Å². The summed E-state index contributed by atoms with van der Waals surface area (Å²) < 4.78 is 2.94. The maximum atomic E-state index is 12.2. The number of aromatic nitrogens is 2. The maximum absolute atomic E-state index is 12.2. The number of Topliss-reactive ketones (excluding diaryl/α,β-unsaturated/α-hetero) is 1. The standard InChI is InChI=1S/C16H19BrN2O/c1-3-14-10-15(19(4-2)18-14)11-16(20)9-12-6-5-7-13(17)8-12/h5-8,10H,3-4,9,11H2,1-2H3. The van der Waals surface area contributed by atoms with Crippen molar-refractivity contribution in [3.63, 3.8) is 0 Å². The minimum absolute atomic E-state index is 0.223. The molecule has 0 fully saturated rings. The highest BCUT2D eigenvalue weighted by molar-refractivity contribution is 9.10. The first-order chi connectivity index (χ1) is 9.62. The smallest absolute Gasteiger partial charge is 0.143 e. The van der Waals surface area contributed by atoms with Gasteiger partial charge in [0.1, 0.15) is 5.78 Å². The van der Waals surface area contributed by atoms with Crippen LogP contribution in [0.2, 0.25) is 0 Å². The van der Waals surface area contributed by atoms with Gasteiger partial charge in [0.2, 0.25) is 0 Å². The lowest BCUT2D eigenvalue weighted by molar-refractivity contribution is -0.117. The molecular formula is C16H19BrN2O. The van der Waals surface area contributed by atoms with Crippen molar-refractivity contribution < 1.29 is 4.79 Å². The van der Waals surface area contributed by atoms with E-state index in [1.165, 1.54) is 0 Å². The highest BCUT2D eigenvalue weighted by atomic mass is 79.9. The Labute approximate surface area is 128 Å². The van der Waals surface area contributed by atoms with E-state index in [0.29, 0.717) is 12.8 Å². The van der Waals surface area contributed by atoms with E-state index in [1.54, 1.807) is 0 Å². The number of rotatable bonds is 6. The van der Waals surface area contributed by atoms with Gasteiger partial charge in [0.25, 0.3) is 0 Å². The van der Waals surface area contributed by atoms with Crippen LogP contribution in [-0.4, -0.2) is 15.6 Å². The molecule has 1 heterocycles. The first kappa shape index (κ1) is 15.0. The molecule has 0 N–H and O–H groups in total. The fraction of sp³-hybridized carbons (Fsp3) is 0.375. The van der Waals surface area contributed by atoms with Crippen molar-refractivity contribution in [2.75, 3.05) is 0 Å². The van der Waals surface area contributed by atoms with Crippen LogP contribution in [0.1, 0.15) is 30.8 Å². The first-order valence-electron chi connectivity index (χ1n) is 6.94. The molecule has 0 bridgehead atoms. The van der Waals surface area contributed by atoms with Crippen molar-refractivity contribution in [1.29, 1.82) is 0 Å². The zero-order valence-electron chi connectivity index (χ0n) is 11.9. The van der Waals surface area contributed by atoms with Gasteiger partial charge in [-0.25, -0.2) is 0 Å². The molecule has 0 saturated carbocycles. The lowest BCUT2D eigenvalue weighted by Gasteiger charge is -2.04. The van der Waals surface area contributed by atoms with Gasteiger partial charge in [0, 0.05) is 29.6 Å². The highest BCUT2D eigenvalue weighted by Crippen LogP contribution is 2.14. The largest absolute Gasteiger partial charge is 0.299 e. The molecule has 0 spiro atoms. The van der Waals surface area contributed by atoms with Crippen molar-refractivity contribution in [1.82, 2.24) is 9.78 Å². The van der Waals surface area contributed by atoms with E-state index in [0.717, 1.165) is 34.4 Å². The molecule has 0 unspecified atom stereocenters. The van der Waals surface area contributed by atoms with E-state index >= 15 is 0 Å². The number of aryl methyl sites for hydroxylation is 2. The van der Waals surface area contributed by atoms with Gasteiger partial charge in [-0.3, -0.25) is 9.48 Å². The Kier molecular flexibility index (Phi) is 5.12. The predicted molar refractivity (Wildman–Crippen MR) is 83.8 cm³/mol. The lowest BCUT2D eigenvalue weighted by atomic mass is 10.1. The van der Waals surface area contributed by atoms with Crippen LogP contribution in [0.4, 0.5) is 0 Å². The summed E-state index contributed by atoms with van der Waals surface area (Å²) >= 11 is 3.43. The molecule has 0 amide bonds. The molecule has 0 radical (unpaired) electrons. The van der Waals surface area contributed by atoms with Gasteiger partial charge in [-0.2, -0.15) is 5.10 Å². The van der Waals surface area contributed by atoms with Gasteiger partial charge in [-0.1, -0.05) is 35.0 Å². The molecule has 0 aliphatic heterocycles. The Balaban J connectivity index is 2.06. The molecule has 4 heteroatoms. The molecule has 106 valence electrons. The van der Waals surface area contributed by atoms with E-state index < -0.39 is 0 Å². The Bertz CT molecular complexity index is 604. The Hall–Kier alpha value is -1.42. The van der Waals surface area contributed by atoms with Gasteiger partial charge in [0.05, 0.1) is 5.69 Å². The molecule has 20 heavy (non-hydrogen) atoms. The second kappa shape index (κ2) is 6.84. The summed E-state index contributed by atoms with van der Waals surface area (Å²) in [6.07, 6.45) is 1.82. The summed E-state index contributed by atoms with van der Waals surface area (Å²) in [5, 5.41) is 4.48. The minimum Gasteiger partial charge on any atom is -0.299 e. The van der Waals surface area contributed by atoms with Crippen LogP contribution in [0.15, 0.2) is 34.8 Å². The SMILES string of the molecule is CCc1cc(CC(=O)Cc2cccc(Br)c2)n(CC)n1. The summed E-state index contributed by atoms with van der Waals surface area (Å²) in [5.74, 6) is 0.223. The summed E-state index contributed by atoms with van der Waals surface area (Å²) in [5.41, 5.74) is 3.11. The zero-order valence-corrected chi connectivity index (χ0v) is 13.5. The van der Waals surface area contributed by atoms with Crippen molar-refractivity contribution >= 4 is 21.7 Å². The van der Waals surface area contributed by atoms with Crippen molar-refractivity contribution in [2.24, 2.45) is 0 Å². The fourth-order valence-corrected chi connectivity index (χ4v) is 2.69. The van der Waals surface area contributed by atoms with Crippen LogP contribution in [0.25, 0.3) is 0 Å². The van der Waals surface area contributed by atoms with Gasteiger partial charge < -0.3 is 0 Å².